The molecule has 0 amide bonds. The van der Waals surface area contributed by atoms with Gasteiger partial charge in [0.1, 0.15) is 5.75 Å². The van der Waals surface area contributed by atoms with E-state index in [-0.39, 0.29) is 0 Å². The molecule has 2 heteroatoms. The Kier molecular flexibility index (Phi) is 3.55. The normalized spacial score (nSPS) is 20.1. The van der Waals surface area contributed by atoms with Crippen LogP contribution in [0.4, 0.5) is 0 Å². The van der Waals surface area contributed by atoms with E-state index in [1.54, 1.807) is 0 Å². The lowest BCUT2D eigenvalue weighted by atomic mass is 9.96. The Balaban J connectivity index is 1.79. The molecule has 0 aromatic heterocycles. The molecule has 1 N–H and O–H groups in total. The van der Waals surface area contributed by atoms with Gasteiger partial charge in [0.05, 0.1) is 6.61 Å². The van der Waals surface area contributed by atoms with Crippen molar-refractivity contribution in [3.05, 3.63) is 29.3 Å². The summed E-state index contributed by atoms with van der Waals surface area (Å²) in [5.74, 6) is 2.06. The van der Waals surface area contributed by atoms with Crippen LogP contribution in [0.25, 0.3) is 0 Å². The summed E-state index contributed by atoms with van der Waals surface area (Å²) in [7, 11) is 0. The maximum atomic E-state index is 5.69. The summed E-state index contributed by atoms with van der Waals surface area (Å²) in [5, 5.41) is 3.64. The molecular weight excluding hydrogens is 222 g/mol. The van der Waals surface area contributed by atoms with Gasteiger partial charge in [-0.3, -0.25) is 0 Å². The van der Waals surface area contributed by atoms with E-state index >= 15 is 0 Å². The summed E-state index contributed by atoms with van der Waals surface area (Å²) < 4.78 is 5.69. The van der Waals surface area contributed by atoms with Crippen LogP contribution in [0.15, 0.2) is 18.2 Å². The van der Waals surface area contributed by atoms with Crippen molar-refractivity contribution >= 4 is 0 Å². The molecule has 98 valence electrons. The van der Waals surface area contributed by atoms with Gasteiger partial charge in [-0.05, 0) is 48.9 Å². The second-order valence-corrected chi connectivity index (χ2v) is 5.61. The van der Waals surface area contributed by atoms with Gasteiger partial charge < -0.3 is 10.1 Å². The average Bonchev–Trinajstić information content (AvgIpc) is 3.22. The maximum absolute atomic E-state index is 5.69. The van der Waals surface area contributed by atoms with E-state index in [0.29, 0.717) is 6.04 Å². The SMILES string of the molecule is CCNC(CC1CC1)c1ccc2c(c1)CCCO2. The van der Waals surface area contributed by atoms with E-state index < -0.39 is 0 Å². The molecule has 1 unspecified atom stereocenters. The molecule has 0 bridgehead atoms. The van der Waals surface area contributed by atoms with Crippen molar-refractivity contribution in [2.75, 3.05) is 13.2 Å². The quantitative estimate of drug-likeness (QED) is 0.857. The van der Waals surface area contributed by atoms with Crippen LogP contribution in [-0.4, -0.2) is 13.2 Å². The average molecular weight is 245 g/mol. The summed E-state index contributed by atoms with van der Waals surface area (Å²) in [6, 6.07) is 7.32. The fraction of sp³-hybridized carbons (Fsp3) is 0.625. The van der Waals surface area contributed by atoms with Crippen molar-refractivity contribution in [3.8, 4) is 5.75 Å². The molecule has 1 aromatic rings. The van der Waals surface area contributed by atoms with E-state index in [1.165, 1.54) is 36.8 Å². The summed E-state index contributed by atoms with van der Waals surface area (Å²) in [6.45, 7) is 4.12. The van der Waals surface area contributed by atoms with Crippen LogP contribution < -0.4 is 10.1 Å². The monoisotopic (exact) mass is 245 g/mol. The van der Waals surface area contributed by atoms with Crippen molar-refractivity contribution in [2.45, 2.75) is 45.1 Å². The minimum Gasteiger partial charge on any atom is -0.493 e. The Morgan fingerprint density at radius 1 is 1.39 bits per heavy atom. The molecule has 1 atom stereocenters. The number of benzene rings is 1. The van der Waals surface area contributed by atoms with Gasteiger partial charge in [0.2, 0.25) is 0 Å². The summed E-state index contributed by atoms with van der Waals surface area (Å²) >= 11 is 0. The Morgan fingerprint density at radius 3 is 3.06 bits per heavy atom. The predicted molar refractivity (Wildman–Crippen MR) is 74.0 cm³/mol. The minimum atomic E-state index is 0.537. The molecule has 2 aliphatic rings. The first-order valence-electron chi connectivity index (χ1n) is 7.36. The zero-order chi connectivity index (χ0) is 12.4. The van der Waals surface area contributed by atoms with Crippen LogP contribution in [-0.2, 0) is 6.42 Å². The molecule has 2 nitrogen and oxygen atoms in total. The lowest BCUT2D eigenvalue weighted by Gasteiger charge is -2.22. The fourth-order valence-corrected chi connectivity index (χ4v) is 2.87. The van der Waals surface area contributed by atoms with Crippen LogP contribution in [0.1, 0.15) is 49.8 Å². The van der Waals surface area contributed by atoms with Gasteiger partial charge in [-0.1, -0.05) is 31.9 Å². The molecule has 0 spiro atoms. The van der Waals surface area contributed by atoms with E-state index in [4.69, 9.17) is 4.74 Å². The van der Waals surface area contributed by atoms with Crippen molar-refractivity contribution in [1.29, 1.82) is 0 Å². The highest BCUT2D eigenvalue weighted by Crippen LogP contribution is 2.38. The molecule has 0 saturated heterocycles. The largest absolute Gasteiger partial charge is 0.493 e. The van der Waals surface area contributed by atoms with Gasteiger partial charge in [-0.15, -0.1) is 0 Å². The van der Waals surface area contributed by atoms with Gasteiger partial charge in [0, 0.05) is 6.04 Å². The second kappa shape index (κ2) is 5.31. The summed E-state index contributed by atoms with van der Waals surface area (Å²) in [4.78, 5) is 0. The van der Waals surface area contributed by atoms with Gasteiger partial charge in [0.25, 0.3) is 0 Å². The van der Waals surface area contributed by atoms with E-state index in [0.717, 1.165) is 31.2 Å². The first-order chi connectivity index (χ1) is 8.86. The van der Waals surface area contributed by atoms with Crippen LogP contribution in [0, 0.1) is 5.92 Å². The van der Waals surface area contributed by atoms with Crippen LogP contribution in [0.2, 0.25) is 0 Å². The molecule has 1 saturated carbocycles. The van der Waals surface area contributed by atoms with E-state index in [2.05, 4.69) is 30.4 Å². The molecular formula is C16H23NO. The highest BCUT2D eigenvalue weighted by Gasteiger charge is 2.26. The lowest BCUT2D eigenvalue weighted by Crippen LogP contribution is -2.22. The van der Waals surface area contributed by atoms with Gasteiger partial charge in [0.15, 0.2) is 0 Å². The topological polar surface area (TPSA) is 21.3 Å². The molecule has 0 radical (unpaired) electrons. The van der Waals surface area contributed by atoms with E-state index in [1.807, 2.05) is 0 Å². The highest BCUT2D eigenvalue weighted by molar-refractivity contribution is 5.39. The third-order valence-electron chi connectivity index (χ3n) is 4.05. The van der Waals surface area contributed by atoms with Crippen LogP contribution in [0.3, 0.4) is 0 Å². The molecule has 1 aromatic carbocycles. The zero-order valence-electron chi connectivity index (χ0n) is 11.2. The molecule has 3 rings (SSSR count). The second-order valence-electron chi connectivity index (χ2n) is 5.61. The Bertz CT molecular complexity index is 412. The first-order valence-corrected chi connectivity index (χ1v) is 7.36. The molecule has 1 aliphatic heterocycles. The predicted octanol–water partition coefficient (Wildman–Crippen LogP) is 3.46. The van der Waals surface area contributed by atoms with Crippen LogP contribution >= 0.6 is 0 Å². The highest BCUT2D eigenvalue weighted by atomic mass is 16.5. The fourth-order valence-electron chi connectivity index (χ4n) is 2.87. The molecule has 1 fully saturated rings. The Morgan fingerprint density at radius 2 is 2.28 bits per heavy atom. The number of hydrogen-bond donors (Lipinski definition) is 1. The lowest BCUT2D eigenvalue weighted by molar-refractivity contribution is 0.288. The van der Waals surface area contributed by atoms with Crippen molar-refractivity contribution in [3.63, 3.8) is 0 Å². The summed E-state index contributed by atoms with van der Waals surface area (Å²) in [5.41, 5.74) is 2.85. The third kappa shape index (κ3) is 2.69. The third-order valence-corrected chi connectivity index (χ3v) is 4.05. The molecule has 1 aliphatic carbocycles. The number of hydrogen-bond acceptors (Lipinski definition) is 2. The molecule has 1 heterocycles. The molecule has 18 heavy (non-hydrogen) atoms. The van der Waals surface area contributed by atoms with Gasteiger partial charge in [-0.25, -0.2) is 0 Å². The van der Waals surface area contributed by atoms with E-state index in [9.17, 15) is 0 Å². The summed E-state index contributed by atoms with van der Waals surface area (Å²) in [6.07, 6.45) is 6.48. The maximum Gasteiger partial charge on any atom is 0.122 e. The Hall–Kier alpha value is -1.02. The minimum absolute atomic E-state index is 0.537. The van der Waals surface area contributed by atoms with Crippen molar-refractivity contribution in [1.82, 2.24) is 5.32 Å². The first kappa shape index (κ1) is 12.0. The smallest absolute Gasteiger partial charge is 0.122 e. The Labute approximate surface area is 110 Å². The zero-order valence-corrected chi connectivity index (χ0v) is 11.2. The van der Waals surface area contributed by atoms with Crippen LogP contribution in [0.5, 0.6) is 5.75 Å². The van der Waals surface area contributed by atoms with Gasteiger partial charge >= 0.3 is 0 Å². The number of ether oxygens (including phenoxy) is 1. The van der Waals surface area contributed by atoms with Crippen molar-refractivity contribution < 1.29 is 4.74 Å². The number of nitrogens with one attached hydrogen (secondary N) is 1. The number of fused-ring (bicyclic) bond motifs is 1. The standard InChI is InChI=1S/C16H23NO/c1-2-17-15(10-12-5-6-12)13-7-8-16-14(11-13)4-3-9-18-16/h7-8,11-12,15,17H,2-6,9-10H2,1H3. The van der Waals surface area contributed by atoms with Gasteiger partial charge in [-0.2, -0.15) is 0 Å². The van der Waals surface area contributed by atoms with Crippen molar-refractivity contribution in [2.24, 2.45) is 5.92 Å². The number of aryl methyl sites for hydroxylation is 1. The number of rotatable bonds is 5.